The Morgan fingerprint density at radius 3 is 2.85 bits per heavy atom. The molecule has 2 rings (SSSR count). The fourth-order valence-corrected chi connectivity index (χ4v) is 2.44. The molecule has 1 fully saturated rings. The van der Waals surface area contributed by atoms with Gasteiger partial charge in [-0.1, -0.05) is 13.3 Å². The summed E-state index contributed by atoms with van der Waals surface area (Å²) < 4.78 is 0. The molecule has 0 aromatic carbocycles. The van der Waals surface area contributed by atoms with Crippen molar-refractivity contribution in [2.75, 3.05) is 13.1 Å². The molecule has 0 radical (unpaired) electrons. The van der Waals surface area contributed by atoms with Crippen molar-refractivity contribution in [1.82, 2.24) is 20.5 Å². The largest absolute Gasteiger partial charge is 0.348 e. The summed E-state index contributed by atoms with van der Waals surface area (Å²) in [5.41, 5.74) is 4.72. The lowest BCUT2D eigenvalue weighted by Crippen LogP contribution is -2.41. The molecule has 108 valence electrons. The van der Waals surface area contributed by atoms with E-state index in [2.05, 4.69) is 32.5 Å². The minimum Gasteiger partial charge on any atom is -0.348 e. The first-order chi connectivity index (χ1) is 9.81. The zero-order valence-electron chi connectivity index (χ0n) is 11.9. The number of nitrogens with one attached hydrogen (secondary N) is 1. The predicted octanol–water partition coefficient (Wildman–Crippen LogP) is 2.34. The Morgan fingerprint density at radius 1 is 1.40 bits per heavy atom. The van der Waals surface area contributed by atoms with Crippen LogP contribution in [0.3, 0.4) is 0 Å². The fraction of sp³-hybridized carbons (Fsp3) is 0.571. The second-order valence-electron chi connectivity index (χ2n) is 4.88. The number of rotatable bonds is 4. The topological polar surface area (TPSA) is 53.4 Å². The van der Waals surface area contributed by atoms with Crippen LogP contribution < -0.4 is 5.43 Å². The Labute approximate surface area is 125 Å². The van der Waals surface area contributed by atoms with Crippen LogP contribution in [0.1, 0.15) is 44.7 Å². The molecule has 20 heavy (non-hydrogen) atoms. The van der Waals surface area contributed by atoms with E-state index in [4.69, 9.17) is 12.2 Å². The summed E-state index contributed by atoms with van der Waals surface area (Å²) in [6.45, 7) is 4.17. The Hall–Kier alpha value is -1.56. The van der Waals surface area contributed by atoms with Crippen LogP contribution in [-0.4, -0.2) is 39.0 Å². The van der Waals surface area contributed by atoms with Crippen LogP contribution in [0.4, 0.5) is 0 Å². The first kappa shape index (κ1) is 14.8. The molecule has 0 bridgehead atoms. The number of hydrogen-bond donors (Lipinski definition) is 1. The van der Waals surface area contributed by atoms with Crippen molar-refractivity contribution in [3.63, 3.8) is 0 Å². The van der Waals surface area contributed by atoms with Gasteiger partial charge in [0.2, 0.25) is 0 Å². The van der Waals surface area contributed by atoms with Crippen LogP contribution in [0.25, 0.3) is 0 Å². The first-order valence-electron chi connectivity index (χ1n) is 7.21. The average molecular weight is 291 g/mol. The molecule has 0 aliphatic carbocycles. The van der Waals surface area contributed by atoms with Crippen molar-refractivity contribution in [1.29, 1.82) is 0 Å². The summed E-state index contributed by atoms with van der Waals surface area (Å²) in [7, 11) is 0. The van der Waals surface area contributed by atoms with E-state index >= 15 is 0 Å². The number of hydrazone groups is 1. The van der Waals surface area contributed by atoms with Crippen LogP contribution in [-0.2, 0) is 0 Å². The summed E-state index contributed by atoms with van der Waals surface area (Å²) >= 11 is 5.40. The summed E-state index contributed by atoms with van der Waals surface area (Å²) in [6.07, 6.45) is 7.23. The molecule has 1 aromatic heterocycles. The molecule has 1 aliphatic heterocycles. The summed E-state index contributed by atoms with van der Waals surface area (Å²) in [5.74, 6) is 0. The van der Waals surface area contributed by atoms with Crippen LogP contribution in [0.2, 0.25) is 0 Å². The lowest BCUT2D eigenvalue weighted by molar-refractivity contribution is 0.338. The molecule has 2 heterocycles. The molecule has 0 atom stereocenters. The van der Waals surface area contributed by atoms with Gasteiger partial charge in [0.15, 0.2) is 5.11 Å². The number of piperidine rings is 1. The third-order valence-corrected chi connectivity index (χ3v) is 3.63. The standard InChI is InChI=1S/C14H21N5S/c1-2-7-12(13-8-6-9-15-16-13)17-18-14(20)19-10-4-3-5-11-19/h6,8-9H,2-5,7,10-11H2,1H3,(H,18,20)/b17-12+. The maximum absolute atomic E-state index is 5.40. The van der Waals surface area contributed by atoms with Crippen molar-refractivity contribution in [3.8, 4) is 0 Å². The van der Waals surface area contributed by atoms with Gasteiger partial charge in [-0.05, 0) is 50.0 Å². The Kier molecular flexibility index (Phi) is 5.86. The van der Waals surface area contributed by atoms with Crippen LogP contribution in [0.15, 0.2) is 23.4 Å². The van der Waals surface area contributed by atoms with E-state index < -0.39 is 0 Å². The zero-order valence-corrected chi connectivity index (χ0v) is 12.7. The van der Waals surface area contributed by atoms with E-state index in [0.29, 0.717) is 5.11 Å². The predicted molar refractivity (Wildman–Crippen MR) is 84.6 cm³/mol. The normalized spacial score (nSPS) is 16.1. The lowest BCUT2D eigenvalue weighted by atomic mass is 10.1. The van der Waals surface area contributed by atoms with Crippen molar-refractivity contribution in [2.24, 2.45) is 5.10 Å². The average Bonchev–Trinajstić information content (AvgIpc) is 2.53. The van der Waals surface area contributed by atoms with Crippen molar-refractivity contribution >= 4 is 23.0 Å². The summed E-state index contributed by atoms with van der Waals surface area (Å²) in [4.78, 5) is 2.18. The highest BCUT2D eigenvalue weighted by atomic mass is 32.1. The van der Waals surface area contributed by atoms with Gasteiger partial charge in [-0.2, -0.15) is 10.2 Å². The van der Waals surface area contributed by atoms with Gasteiger partial charge in [0.05, 0.1) is 5.71 Å². The quantitative estimate of drug-likeness (QED) is 0.524. The molecule has 1 saturated heterocycles. The van der Waals surface area contributed by atoms with Gasteiger partial charge < -0.3 is 4.90 Å². The smallest absolute Gasteiger partial charge is 0.189 e. The molecule has 0 unspecified atom stereocenters. The molecule has 1 aliphatic rings. The molecule has 1 aromatic rings. The monoisotopic (exact) mass is 291 g/mol. The lowest BCUT2D eigenvalue weighted by Gasteiger charge is -2.28. The summed E-state index contributed by atoms with van der Waals surface area (Å²) in [6, 6.07) is 3.80. The molecular weight excluding hydrogens is 270 g/mol. The minimum atomic E-state index is 0.710. The van der Waals surface area contributed by atoms with Gasteiger partial charge in [-0.15, -0.1) is 5.10 Å². The Balaban J connectivity index is 2.00. The van der Waals surface area contributed by atoms with Crippen molar-refractivity contribution in [2.45, 2.75) is 39.0 Å². The number of thiocarbonyl (C=S) groups is 1. The highest BCUT2D eigenvalue weighted by Crippen LogP contribution is 2.09. The van der Waals surface area contributed by atoms with Gasteiger partial charge in [-0.25, -0.2) is 0 Å². The third kappa shape index (κ3) is 4.23. The van der Waals surface area contributed by atoms with Crippen molar-refractivity contribution < 1.29 is 0 Å². The Bertz CT molecular complexity index is 454. The fourth-order valence-electron chi connectivity index (χ4n) is 2.22. The molecule has 0 amide bonds. The van der Waals surface area contributed by atoms with E-state index in [-0.39, 0.29) is 0 Å². The second-order valence-corrected chi connectivity index (χ2v) is 5.27. The molecule has 6 heteroatoms. The highest BCUT2D eigenvalue weighted by molar-refractivity contribution is 7.80. The number of hydrogen-bond acceptors (Lipinski definition) is 4. The van der Waals surface area contributed by atoms with Gasteiger partial charge in [0.1, 0.15) is 5.69 Å². The van der Waals surface area contributed by atoms with Crippen molar-refractivity contribution in [3.05, 3.63) is 24.0 Å². The molecule has 1 N–H and O–H groups in total. The molecular formula is C14H21N5S. The second kappa shape index (κ2) is 7.89. The van der Waals surface area contributed by atoms with Crippen LogP contribution >= 0.6 is 12.2 Å². The Morgan fingerprint density at radius 2 is 2.20 bits per heavy atom. The van der Waals surface area contributed by atoms with Crippen LogP contribution in [0, 0.1) is 0 Å². The number of nitrogens with zero attached hydrogens (tertiary/aromatic N) is 4. The number of aromatic nitrogens is 2. The van der Waals surface area contributed by atoms with E-state index in [0.717, 1.165) is 37.3 Å². The number of likely N-dealkylation sites (tertiary alicyclic amines) is 1. The van der Waals surface area contributed by atoms with Gasteiger partial charge in [-0.3, -0.25) is 5.43 Å². The maximum atomic E-state index is 5.40. The molecule has 0 spiro atoms. The zero-order chi connectivity index (χ0) is 14.2. The molecule has 0 saturated carbocycles. The van der Waals surface area contributed by atoms with E-state index in [9.17, 15) is 0 Å². The molecule has 5 nitrogen and oxygen atoms in total. The maximum Gasteiger partial charge on any atom is 0.189 e. The SMILES string of the molecule is CCC/C(=N\NC(=S)N1CCCCC1)c1cccnn1. The van der Waals surface area contributed by atoms with Crippen LogP contribution in [0.5, 0.6) is 0 Å². The van der Waals surface area contributed by atoms with Gasteiger partial charge in [0, 0.05) is 19.3 Å². The van der Waals surface area contributed by atoms with E-state index in [1.807, 2.05) is 12.1 Å². The summed E-state index contributed by atoms with van der Waals surface area (Å²) in [5, 5.41) is 13.2. The first-order valence-corrected chi connectivity index (χ1v) is 7.61. The highest BCUT2D eigenvalue weighted by Gasteiger charge is 2.13. The van der Waals surface area contributed by atoms with Gasteiger partial charge >= 0.3 is 0 Å². The van der Waals surface area contributed by atoms with Gasteiger partial charge in [0.25, 0.3) is 0 Å². The van der Waals surface area contributed by atoms with E-state index in [1.54, 1.807) is 6.20 Å². The minimum absolute atomic E-state index is 0.710. The third-order valence-electron chi connectivity index (χ3n) is 3.28. The van der Waals surface area contributed by atoms with E-state index in [1.165, 1.54) is 19.3 Å².